The van der Waals surface area contributed by atoms with E-state index >= 15 is 0 Å². The Labute approximate surface area is 173 Å². The largest absolute Gasteiger partial charge is 0.353 e. The van der Waals surface area contributed by atoms with Crippen molar-refractivity contribution < 1.29 is 9.18 Å². The fourth-order valence-electron chi connectivity index (χ4n) is 3.54. The van der Waals surface area contributed by atoms with Crippen LogP contribution >= 0.6 is 0 Å². The van der Waals surface area contributed by atoms with Gasteiger partial charge in [0.1, 0.15) is 17.7 Å². The molecule has 30 heavy (non-hydrogen) atoms. The highest BCUT2D eigenvalue weighted by Gasteiger charge is 2.27. The van der Waals surface area contributed by atoms with Crippen molar-refractivity contribution in [1.82, 2.24) is 19.7 Å². The van der Waals surface area contributed by atoms with Crippen molar-refractivity contribution in [3.8, 4) is 11.3 Å². The Morgan fingerprint density at radius 3 is 2.40 bits per heavy atom. The first kappa shape index (κ1) is 19.8. The van der Waals surface area contributed by atoms with Crippen molar-refractivity contribution >= 4 is 11.7 Å². The predicted octanol–water partition coefficient (Wildman–Crippen LogP) is 2.35. The molecule has 1 aromatic carbocycles. The van der Waals surface area contributed by atoms with E-state index in [4.69, 9.17) is 0 Å². The van der Waals surface area contributed by atoms with Crippen LogP contribution < -0.4 is 10.5 Å². The smallest absolute Gasteiger partial charge is 0.267 e. The SMILES string of the molecule is CC(C(=O)N1CCN(c2ccccn2)CC1)n1nc(-c2ccc(F)cc2)ccc1=O. The van der Waals surface area contributed by atoms with Crippen LogP contribution in [0.4, 0.5) is 10.2 Å². The molecule has 3 aromatic rings. The molecule has 8 heteroatoms. The zero-order chi connectivity index (χ0) is 21.1. The standard InChI is InChI=1S/C22H22FN5O2/c1-16(22(30)27-14-12-26(13-15-27)20-4-2-3-11-24-20)28-21(29)10-9-19(25-28)17-5-7-18(23)8-6-17/h2-11,16H,12-15H2,1H3. The van der Waals surface area contributed by atoms with E-state index in [9.17, 15) is 14.0 Å². The molecule has 1 unspecified atom stereocenters. The number of anilines is 1. The van der Waals surface area contributed by atoms with E-state index in [1.165, 1.54) is 22.9 Å². The monoisotopic (exact) mass is 407 g/mol. The van der Waals surface area contributed by atoms with E-state index in [1.54, 1.807) is 36.2 Å². The number of rotatable bonds is 4. The maximum Gasteiger partial charge on any atom is 0.267 e. The Morgan fingerprint density at radius 1 is 1.00 bits per heavy atom. The minimum absolute atomic E-state index is 0.151. The minimum atomic E-state index is -0.737. The number of piperazine rings is 1. The lowest BCUT2D eigenvalue weighted by atomic mass is 10.1. The first-order chi connectivity index (χ1) is 14.5. The Bertz CT molecular complexity index is 1080. The second-order valence-electron chi connectivity index (χ2n) is 7.18. The summed E-state index contributed by atoms with van der Waals surface area (Å²) in [5.41, 5.74) is 0.830. The van der Waals surface area contributed by atoms with Crippen LogP contribution in [0.5, 0.6) is 0 Å². The number of nitrogens with zero attached hydrogens (tertiary/aromatic N) is 5. The maximum atomic E-state index is 13.2. The molecule has 2 aromatic heterocycles. The van der Waals surface area contributed by atoms with Crippen molar-refractivity contribution in [1.29, 1.82) is 0 Å². The number of benzene rings is 1. The average molecular weight is 407 g/mol. The third kappa shape index (κ3) is 4.07. The van der Waals surface area contributed by atoms with Crippen LogP contribution in [0.1, 0.15) is 13.0 Å². The molecule has 154 valence electrons. The quantitative estimate of drug-likeness (QED) is 0.664. The summed E-state index contributed by atoms with van der Waals surface area (Å²) in [4.78, 5) is 33.6. The molecule has 4 rings (SSSR count). The zero-order valence-electron chi connectivity index (χ0n) is 16.6. The van der Waals surface area contributed by atoms with Crippen LogP contribution in [0.3, 0.4) is 0 Å². The van der Waals surface area contributed by atoms with Crippen molar-refractivity contribution in [3.05, 3.63) is 77.0 Å². The van der Waals surface area contributed by atoms with Crippen LogP contribution in [0.2, 0.25) is 0 Å². The fourth-order valence-corrected chi connectivity index (χ4v) is 3.54. The van der Waals surface area contributed by atoms with E-state index in [0.29, 0.717) is 37.4 Å². The van der Waals surface area contributed by atoms with Gasteiger partial charge in [-0.2, -0.15) is 5.10 Å². The van der Waals surface area contributed by atoms with Crippen LogP contribution in [-0.2, 0) is 4.79 Å². The lowest BCUT2D eigenvalue weighted by Gasteiger charge is -2.36. The van der Waals surface area contributed by atoms with Gasteiger partial charge in [-0.25, -0.2) is 14.1 Å². The van der Waals surface area contributed by atoms with Crippen LogP contribution in [0.15, 0.2) is 65.6 Å². The second-order valence-corrected chi connectivity index (χ2v) is 7.18. The average Bonchev–Trinajstić information content (AvgIpc) is 2.80. The second kappa shape index (κ2) is 8.44. The normalized spacial score (nSPS) is 15.1. The number of amides is 1. The third-order valence-electron chi connectivity index (χ3n) is 5.25. The van der Waals surface area contributed by atoms with E-state index in [2.05, 4.69) is 15.0 Å². The number of aromatic nitrogens is 3. The number of halogens is 1. The number of hydrogen-bond acceptors (Lipinski definition) is 5. The molecule has 0 bridgehead atoms. The Kier molecular flexibility index (Phi) is 5.56. The first-order valence-corrected chi connectivity index (χ1v) is 9.83. The fraction of sp³-hybridized carbons (Fsp3) is 0.273. The zero-order valence-corrected chi connectivity index (χ0v) is 16.6. The van der Waals surface area contributed by atoms with Gasteiger partial charge in [0, 0.05) is 44.0 Å². The first-order valence-electron chi connectivity index (χ1n) is 9.83. The molecule has 1 amide bonds. The summed E-state index contributed by atoms with van der Waals surface area (Å²) in [6.07, 6.45) is 1.75. The van der Waals surface area contributed by atoms with Gasteiger partial charge < -0.3 is 9.80 Å². The Hall–Kier alpha value is -3.55. The maximum absolute atomic E-state index is 13.2. The number of pyridine rings is 1. The van der Waals surface area contributed by atoms with Crippen molar-refractivity contribution in [2.75, 3.05) is 31.1 Å². The summed E-state index contributed by atoms with van der Waals surface area (Å²) in [5.74, 6) is 0.393. The summed E-state index contributed by atoms with van der Waals surface area (Å²) < 4.78 is 14.4. The molecule has 0 saturated carbocycles. The van der Waals surface area contributed by atoms with Crippen molar-refractivity contribution in [3.63, 3.8) is 0 Å². The molecule has 3 heterocycles. The summed E-state index contributed by atoms with van der Waals surface area (Å²) in [6.45, 7) is 4.12. The van der Waals surface area contributed by atoms with Gasteiger partial charge in [0.15, 0.2) is 0 Å². The van der Waals surface area contributed by atoms with Crippen molar-refractivity contribution in [2.24, 2.45) is 0 Å². The van der Waals surface area contributed by atoms with Crippen LogP contribution in [0, 0.1) is 5.82 Å². The summed E-state index contributed by atoms with van der Waals surface area (Å²) in [5, 5.41) is 4.36. The molecule has 0 radical (unpaired) electrons. The molecule has 1 aliphatic heterocycles. The van der Waals surface area contributed by atoms with Gasteiger partial charge in [-0.3, -0.25) is 9.59 Å². The number of carbonyl (C=O) groups excluding carboxylic acids is 1. The Morgan fingerprint density at radius 2 is 1.73 bits per heavy atom. The highest BCUT2D eigenvalue weighted by molar-refractivity contribution is 5.80. The molecular weight excluding hydrogens is 385 g/mol. The van der Waals surface area contributed by atoms with E-state index in [-0.39, 0.29) is 17.3 Å². The van der Waals surface area contributed by atoms with Gasteiger partial charge in [-0.1, -0.05) is 6.07 Å². The molecule has 1 atom stereocenters. The third-order valence-corrected chi connectivity index (χ3v) is 5.25. The van der Waals surface area contributed by atoms with Crippen LogP contribution in [-0.4, -0.2) is 51.8 Å². The van der Waals surface area contributed by atoms with Gasteiger partial charge in [0.05, 0.1) is 5.69 Å². The number of carbonyl (C=O) groups is 1. The van der Waals surface area contributed by atoms with Gasteiger partial charge >= 0.3 is 0 Å². The molecule has 1 fully saturated rings. The number of hydrogen-bond donors (Lipinski definition) is 0. The highest BCUT2D eigenvalue weighted by Crippen LogP contribution is 2.18. The van der Waals surface area contributed by atoms with E-state index in [1.807, 2.05) is 18.2 Å². The summed E-state index contributed by atoms with van der Waals surface area (Å²) >= 11 is 0. The molecule has 0 aliphatic carbocycles. The highest BCUT2D eigenvalue weighted by atomic mass is 19.1. The molecule has 1 saturated heterocycles. The molecule has 7 nitrogen and oxygen atoms in total. The van der Waals surface area contributed by atoms with Crippen molar-refractivity contribution in [2.45, 2.75) is 13.0 Å². The van der Waals surface area contributed by atoms with Gasteiger partial charge in [-0.15, -0.1) is 0 Å². The molecule has 0 spiro atoms. The minimum Gasteiger partial charge on any atom is -0.353 e. The van der Waals surface area contributed by atoms with Gasteiger partial charge in [0.2, 0.25) is 5.91 Å². The lowest BCUT2D eigenvalue weighted by molar-refractivity contribution is -0.135. The van der Waals surface area contributed by atoms with E-state index < -0.39 is 6.04 Å². The Balaban J connectivity index is 1.48. The predicted molar refractivity (Wildman–Crippen MR) is 112 cm³/mol. The topological polar surface area (TPSA) is 71.3 Å². The summed E-state index contributed by atoms with van der Waals surface area (Å²) in [6, 6.07) is 13.8. The van der Waals surface area contributed by atoms with Crippen LogP contribution in [0.25, 0.3) is 11.3 Å². The lowest BCUT2D eigenvalue weighted by Crippen LogP contribution is -2.51. The van der Waals surface area contributed by atoms with Gasteiger partial charge in [-0.05, 0) is 49.4 Å². The van der Waals surface area contributed by atoms with Gasteiger partial charge in [0.25, 0.3) is 5.56 Å². The molecular formula is C22H22FN5O2. The van der Waals surface area contributed by atoms with E-state index in [0.717, 1.165) is 5.82 Å². The molecule has 1 aliphatic rings. The molecule has 0 N–H and O–H groups in total. The summed E-state index contributed by atoms with van der Waals surface area (Å²) in [7, 11) is 0.